The Morgan fingerprint density at radius 1 is 1.46 bits per heavy atom. The number of hydrogen-bond acceptors (Lipinski definition) is 2. The first kappa shape index (κ1) is 9.81. The van der Waals surface area contributed by atoms with Crippen molar-refractivity contribution < 1.29 is 9.53 Å². The Hall–Kier alpha value is -1.28. The van der Waals surface area contributed by atoms with E-state index in [1.165, 1.54) is 6.26 Å². The summed E-state index contributed by atoms with van der Waals surface area (Å²) in [5, 5.41) is 0.400. The monoisotopic (exact) mass is 196 g/mol. The lowest BCUT2D eigenvalue weighted by Crippen LogP contribution is -2.00. The van der Waals surface area contributed by atoms with E-state index in [0.717, 1.165) is 0 Å². The fraction of sp³-hybridized carbons (Fsp3) is 0.100. The van der Waals surface area contributed by atoms with Crippen molar-refractivity contribution in [3.05, 3.63) is 47.2 Å². The number of esters is 1. The molecule has 3 heteroatoms. The Morgan fingerprint density at radius 3 is 2.77 bits per heavy atom. The minimum Gasteiger partial charge on any atom is -0.431 e. The van der Waals surface area contributed by atoms with Crippen molar-refractivity contribution in [1.82, 2.24) is 0 Å². The molecule has 0 aliphatic heterocycles. The average molecular weight is 197 g/mol. The molecule has 0 unspecified atom stereocenters. The number of benzene rings is 1. The maximum Gasteiger partial charge on any atom is 0.344 e. The molecule has 0 saturated carbocycles. The van der Waals surface area contributed by atoms with E-state index in [1.54, 1.807) is 37.3 Å². The van der Waals surface area contributed by atoms with Gasteiger partial charge in [0, 0.05) is 0 Å². The first-order chi connectivity index (χ1) is 6.25. The van der Waals surface area contributed by atoms with Crippen LogP contribution in [-0.4, -0.2) is 5.97 Å². The number of rotatable bonds is 2. The second-order valence-corrected chi connectivity index (χ2v) is 2.76. The molecular formula is C10H9ClO2. The SMILES string of the molecule is CC=COC(=O)c1ccccc1Cl. The predicted molar refractivity (Wildman–Crippen MR) is 51.7 cm³/mol. The van der Waals surface area contributed by atoms with Crippen molar-refractivity contribution in [2.75, 3.05) is 0 Å². The molecule has 0 amide bonds. The third-order valence-electron chi connectivity index (χ3n) is 1.40. The largest absolute Gasteiger partial charge is 0.431 e. The predicted octanol–water partition coefficient (Wildman–Crippen LogP) is 3.03. The Kier molecular flexibility index (Phi) is 3.53. The fourth-order valence-corrected chi connectivity index (χ4v) is 1.03. The van der Waals surface area contributed by atoms with Crippen LogP contribution in [0.25, 0.3) is 0 Å². The highest BCUT2D eigenvalue weighted by molar-refractivity contribution is 6.33. The number of carbonyl (C=O) groups excluding carboxylic acids is 1. The summed E-state index contributed by atoms with van der Waals surface area (Å²) >= 11 is 5.77. The van der Waals surface area contributed by atoms with Gasteiger partial charge in [-0.1, -0.05) is 29.8 Å². The molecule has 1 aromatic carbocycles. The molecule has 0 aliphatic carbocycles. The summed E-state index contributed by atoms with van der Waals surface area (Å²) in [6.45, 7) is 1.76. The normalized spacial score (nSPS) is 10.3. The van der Waals surface area contributed by atoms with Crippen molar-refractivity contribution in [1.29, 1.82) is 0 Å². The molecular weight excluding hydrogens is 188 g/mol. The number of hydrogen-bond donors (Lipinski definition) is 0. The Morgan fingerprint density at radius 2 is 2.15 bits per heavy atom. The van der Waals surface area contributed by atoms with Crippen molar-refractivity contribution in [2.24, 2.45) is 0 Å². The third kappa shape index (κ3) is 2.60. The van der Waals surface area contributed by atoms with Crippen molar-refractivity contribution in [2.45, 2.75) is 6.92 Å². The maximum absolute atomic E-state index is 11.3. The van der Waals surface area contributed by atoms with Gasteiger partial charge in [0.15, 0.2) is 0 Å². The van der Waals surface area contributed by atoms with Gasteiger partial charge in [-0.15, -0.1) is 0 Å². The zero-order valence-corrected chi connectivity index (χ0v) is 7.91. The quantitative estimate of drug-likeness (QED) is 0.537. The van der Waals surface area contributed by atoms with E-state index in [1.807, 2.05) is 0 Å². The second-order valence-electron chi connectivity index (χ2n) is 2.35. The lowest BCUT2D eigenvalue weighted by atomic mass is 10.2. The van der Waals surface area contributed by atoms with E-state index >= 15 is 0 Å². The van der Waals surface area contributed by atoms with Crippen LogP contribution < -0.4 is 0 Å². The van der Waals surface area contributed by atoms with E-state index in [0.29, 0.717) is 10.6 Å². The van der Waals surface area contributed by atoms with Crippen LogP contribution in [0.1, 0.15) is 17.3 Å². The molecule has 0 N–H and O–H groups in total. The summed E-state index contributed by atoms with van der Waals surface area (Å²) in [7, 11) is 0. The molecule has 0 saturated heterocycles. The molecule has 0 atom stereocenters. The minimum atomic E-state index is -0.441. The average Bonchev–Trinajstić information content (AvgIpc) is 2.15. The number of carbonyl (C=O) groups is 1. The van der Waals surface area contributed by atoms with Gasteiger partial charge in [-0.25, -0.2) is 4.79 Å². The number of halogens is 1. The molecule has 0 radical (unpaired) electrons. The van der Waals surface area contributed by atoms with Crippen molar-refractivity contribution in [3.8, 4) is 0 Å². The van der Waals surface area contributed by atoms with E-state index < -0.39 is 5.97 Å². The maximum atomic E-state index is 11.3. The highest BCUT2D eigenvalue weighted by Crippen LogP contribution is 2.15. The van der Waals surface area contributed by atoms with Gasteiger partial charge < -0.3 is 4.74 Å². The van der Waals surface area contributed by atoms with Gasteiger partial charge in [-0.3, -0.25) is 0 Å². The highest BCUT2D eigenvalue weighted by atomic mass is 35.5. The molecule has 0 heterocycles. The Labute approximate surface area is 81.8 Å². The van der Waals surface area contributed by atoms with Gasteiger partial charge in [0.05, 0.1) is 16.8 Å². The molecule has 0 bridgehead atoms. The van der Waals surface area contributed by atoms with Crippen LogP contribution in [0, 0.1) is 0 Å². The highest BCUT2D eigenvalue weighted by Gasteiger charge is 2.08. The van der Waals surface area contributed by atoms with E-state index in [9.17, 15) is 4.79 Å². The standard InChI is InChI=1S/C10H9ClO2/c1-2-7-13-10(12)8-5-3-4-6-9(8)11/h2-7H,1H3. The fourth-order valence-electron chi connectivity index (χ4n) is 0.820. The molecule has 1 aromatic rings. The third-order valence-corrected chi connectivity index (χ3v) is 1.73. The number of allylic oxidation sites excluding steroid dienone is 1. The minimum absolute atomic E-state index is 0.377. The lowest BCUT2D eigenvalue weighted by Gasteiger charge is -2.00. The van der Waals surface area contributed by atoms with Crippen LogP contribution >= 0.6 is 11.6 Å². The first-order valence-electron chi connectivity index (χ1n) is 3.82. The van der Waals surface area contributed by atoms with Crippen molar-refractivity contribution >= 4 is 17.6 Å². The molecule has 0 aliphatic rings. The summed E-state index contributed by atoms with van der Waals surface area (Å²) in [6.07, 6.45) is 2.96. The van der Waals surface area contributed by atoms with Crippen LogP contribution in [0.2, 0.25) is 5.02 Å². The Balaban J connectivity index is 2.83. The van der Waals surface area contributed by atoms with Gasteiger partial charge in [0.1, 0.15) is 0 Å². The lowest BCUT2D eigenvalue weighted by molar-refractivity contribution is 0.0663. The van der Waals surface area contributed by atoms with Crippen molar-refractivity contribution in [3.63, 3.8) is 0 Å². The van der Waals surface area contributed by atoms with E-state index in [2.05, 4.69) is 0 Å². The van der Waals surface area contributed by atoms with Gasteiger partial charge >= 0.3 is 5.97 Å². The topological polar surface area (TPSA) is 26.3 Å². The molecule has 0 aromatic heterocycles. The molecule has 2 nitrogen and oxygen atoms in total. The van der Waals surface area contributed by atoms with Gasteiger partial charge in [-0.05, 0) is 19.1 Å². The van der Waals surface area contributed by atoms with E-state index in [-0.39, 0.29) is 0 Å². The van der Waals surface area contributed by atoms with Gasteiger partial charge in [0.25, 0.3) is 0 Å². The first-order valence-corrected chi connectivity index (χ1v) is 4.20. The summed E-state index contributed by atoms with van der Waals surface area (Å²) in [5.41, 5.74) is 0.377. The van der Waals surface area contributed by atoms with Crippen LogP contribution in [0.15, 0.2) is 36.6 Å². The summed E-state index contributed by atoms with van der Waals surface area (Å²) in [4.78, 5) is 11.3. The molecule has 1 rings (SSSR count). The van der Waals surface area contributed by atoms with Gasteiger partial charge in [0.2, 0.25) is 0 Å². The molecule has 13 heavy (non-hydrogen) atoms. The van der Waals surface area contributed by atoms with Crippen LogP contribution in [0.5, 0.6) is 0 Å². The zero-order valence-electron chi connectivity index (χ0n) is 7.16. The summed E-state index contributed by atoms with van der Waals surface area (Å²) < 4.78 is 4.75. The van der Waals surface area contributed by atoms with E-state index in [4.69, 9.17) is 16.3 Å². The summed E-state index contributed by atoms with van der Waals surface area (Å²) in [5.74, 6) is -0.441. The van der Waals surface area contributed by atoms with Gasteiger partial charge in [-0.2, -0.15) is 0 Å². The smallest absolute Gasteiger partial charge is 0.344 e. The molecule has 68 valence electrons. The molecule has 0 spiro atoms. The zero-order chi connectivity index (χ0) is 9.68. The Bertz CT molecular complexity index is 331. The second kappa shape index (κ2) is 4.67. The summed E-state index contributed by atoms with van der Waals surface area (Å²) in [6, 6.07) is 6.76. The van der Waals surface area contributed by atoms with Crippen LogP contribution in [-0.2, 0) is 4.74 Å². The van der Waals surface area contributed by atoms with Crippen LogP contribution in [0.4, 0.5) is 0 Å². The van der Waals surface area contributed by atoms with Crippen LogP contribution in [0.3, 0.4) is 0 Å². The molecule has 0 fully saturated rings. The number of ether oxygens (including phenoxy) is 1.